The van der Waals surface area contributed by atoms with Crippen molar-refractivity contribution in [3.63, 3.8) is 0 Å². The van der Waals surface area contributed by atoms with Crippen LogP contribution in [0, 0.1) is 12.3 Å². The van der Waals surface area contributed by atoms with Crippen molar-refractivity contribution in [1.29, 1.82) is 5.41 Å². The normalized spacial score (nSPS) is 13.9. The Labute approximate surface area is 196 Å². The highest BCUT2D eigenvalue weighted by Crippen LogP contribution is 2.41. The van der Waals surface area contributed by atoms with Crippen molar-refractivity contribution < 1.29 is 27.9 Å². The molecule has 2 aromatic carbocycles. The summed E-state index contributed by atoms with van der Waals surface area (Å²) in [5.74, 6) is -2.06. The van der Waals surface area contributed by atoms with Crippen molar-refractivity contribution in [2.45, 2.75) is 38.3 Å². The number of aromatic amines is 1. The molecule has 1 aliphatic carbocycles. The maximum absolute atomic E-state index is 13.4. The van der Waals surface area contributed by atoms with E-state index in [0.29, 0.717) is 16.5 Å². The number of alkyl halides is 3. The van der Waals surface area contributed by atoms with E-state index in [0.717, 1.165) is 31.4 Å². The fourth-order valence-electron chi connectivity index (χ4n) is 4.21. The molecule has 1 aliphatic rings. The van der Waals surface area contributed by atoms with Gasteiger partial charge in [-0.15, -0.1) is 0 Å². The van der Waals surface area contributed by atoms with E-state index in [2.05, 4.69) is 10.3 Å². The zero-order chi connectivity index (χ0) is 25.7. The number of nitrogens with two attached hydrogens (primary N) is 1. The molecule has 35 heavy (non-hydrogen) atoms. The molecule has 1 amide bonds. The van der Waals surface area contributed by atoms with Crippen LogP contribution in [0.3, 0.4) is 0 Å². The first-order valence-electron chi connectivity index (χ1n) is 10.7. The molecule has 6 N–H and O–H groups in total. The Bertz CT molecular complexity index is 1460. The summed E-state index contributed by atoms with van der Waals surface area (Å²) in [6.45, 7) is 1.74. The van der Waals surface area contributed by atoms with Crippen LogP contribution in [-0.2, 0) is 0 Å². The SMILES string of the molecule is Cc1cc(C2CCC2)c(C(=O)Nc2ccc(N)c(C(=N)C(F)(F)F)c2)c2[nH]c(=O)c(C(=O)O)cc12. The minimum absolute atomic E-state index is 0.0222. The molecule has 0 saturated heterocycles. The standard InChI is InChI=1S/C24H21F3N4O4/c1-10-7-14(11-3-2-4-11)18(19-13(10)9-16(23(34)35)21(32)31-19)22(33)30-12-5-6-17(28)15(8-12)20(29)24(25,26)27/h5-9,11,29H,2-4,28H2,1H3,(H,30,33)(H,31,32)(H,34,35). The molecule has 1 saturated carbocycles. The predicted octanol–water partition coefficient (Wildman–Crippen LogP) is 4.57. The fourth-order valence-corrected chi connectivity index (χ4v) is 4.21. The largest absolute Gasteiger partial charge is 0.477 e. The fraction of sp³-hybridized carbons (Fsp3) is 0.250. The third kappa shape index (κ3) is 4.36. The molecule has 3 aromatic rings. The van der Waals surface area contributed by atoms with E-state index in [1.54, 1.807) is 13.0 Å². The van der Waals surface area contributed by atoms with E-state index in [9.17, 15) is 32.7 Å². The van der Waals surface area contributed by atoms with Gasteiger partial charge in [0.25, 0.3) is 11.5 Å². The number of rotatable bonds is 5. The Morgan fingerprint density at radius 1 is 1.17 bits per heavy atom. The summed E-state index contributed by atoms with van der Waals surface area (Å²) in [7, 11) is 0. The van der Waals surface area contributed by atoms with Gasteiger partial charge >= 0.3 is 12.1 Å². The minimum atomic E-state index is -4.93. The van der Waals surface area contributed by atoms with E-state index in [4.69, 9.17) is 11.1 Å². The van der Waals surface area contributed by atoms with E-state index >= 15 is 0 Å². The number of carboxylic acids is 1. The van der Waals surface area contributed by atoms with Gasteiger partial charge in [0.15, 0.2) is 0 Å². The van der Waals surface area contributed by atoms with Crippen LogP contribution in [0.4, 0.5) is 24.5 Å². The molecule has 1 fully saturated rings. The number of amides is 1. The van der Waals surface area contributed by atoms with Crippen LogP contribution in [-0.4, -0.2) is 33.9 Å². The van der Waals surface area contributed by atoms with Gasteiger partial charge in [-0.05, 0) is 61.1 Å². The molecule has 0 radical (unpaired) electrons. The predicted molar refractivity (Wildman–Crippen MR) is 125 cm³/mol. The lowest BCUT2D eigenvalue weighted by Crippen LogP contribution is -2.25. The number of H-pyrrole nitrogens is 1. The summed E-state index contributed by atoms with van der Waals surface area (Å²) in [4.78, 5) is 39.8. The molecule has 1 aromatic heterocycles. The number of aryl methyl sites for hydroxylation is 1. The van der Waals surface area contributed by atoms with Crippen LogP contribution in [0.2, 0.25) is 0 Å². The quantitative estimate of drug-likeness (QED) is 0.265. The molecule has 0 aliphatic heterocycles. The number of fused-ring (bicyclic) bond motifs is 1. The third-order valence-corrected chi connectivity index (χ3v) is 6.24. The van der Waals surface area contributed by atoms with Crippen LogP contribution in [0.5, 0.6) is 0 Å². The van der Waals surface area contributed by atoms with Gasteiger partial charge in [0.1, 0.15) is 11.3 Å². The topological polar surface area (TPSA) is 149 Å². The zero-order valence-corrected chi connectivity index (χ0v) is 18.5. The van der Waals surface area contributed by atoms with Gasteiger partial charge in [-0.3, -0.25) is 15.0 Å². The van der Waals surface area contributed by atoms with Crippen LogP contribution in [0.1, 0.15) is 62.6 Å². The van der Waals surface area contributed by atoms with Crippen molar-refractivity contribution in [3.05, 3.63) is 68.5 Å². The highest BCUT2D eigenvalue weighted by atomic mass is 19.4. The highest BCUT2D eigenvalue weighted by molar-refractivity contribution is 6.15. The van der Waals surface area contributed by atoms with Gasteiger partial charge < -0.3 is 21.1 Å². The molecule has 0 atom stereocenters. The number of nitrogens with one attached hydrogen (secondary N) is 3. The number of carboxylic acid groups (broad SMARTS) is 1. The average molecular weight is 486 g/mol. The Kier molecular flexibility index (Phi) is 5.87. The third-order valence-electron chi connectivity index (χ3n) is 6.24. The average Bonchev–Trinajstić information content (AvgIpc) is 2.72. The minimum Gasteiger partial charge on any atom is -0.477 e. The Morgan fingerprint density at radius 2 is 1.86 bits per heavy atom. The molecule has 182 valence electrons. The molecule has 0 unspecified atom stereocenters. The first-order chi connectivity index (χ1) is 16.4. The Morgan fingerprint density at radius 3 is 2.43 bits per heavy atom. The summed E-state index contributed by atoms with van der Waals surface area (Å²) >= 11 is 0. The monoisotopic (exact) mass is 486 g/mol. The first-order valence-corrected chi connectivity index (χ1v) is 10.7. The van der Waals surface area contributed by atoms with E-state index in [1.165, 1.54) is 12.1 Å². The number of carbonyl (C=O) groups excluding carboxylic acids is 1. The van der Waals surface area contributed by atoms with Gasteiger partial charge in [-0.25, -0.2) is 4.79 Å². The van der Waals surface area contributed by atoms with Gasteiger partial charge in [0.05, 0.1) is 11.1 Å². The zero-order valence-electron chi connectivity index (χ0n) is 18.5. The summed E-state index contributed by atoms with van der Waals surface area (Å²) in [5.41, 5.74) is 3.36. The van der Waals surface area contributed by atoms with Gasteiger partial charge in [-0.2, -0.15) is 13.2 Å². The number of anilines is 2. The molecule has 0 spiro atoms. The summed E-state index contributed by atoms with van der Waals surface area (Å²) in [5, 5.41) is 19.6. The van der Waals surface area contributed by atoms with Crippen molar-refractivity contribution in [1.82, 2.24) is 4.98 Å². The maximum atomic E-state index is 13.4. The number of pyridine rings is 1. The lowest BCUT2D eigenvalue weighted by Gasteiger charge is -2.29. The molecule has 1 heterocycles. The smallest absolute Gasteiger partial charge is 0.433 e. The Balaban J connectivity index is 1.84. The van der Waals surface area contributed by atoms with Crippen LogP contribution in [0.15, 0.2) is 35.1 Å². The lowest BCUT2D eigenvalue weighted by molar-refractivity contribution is -0.0587. The first kappa shape index (κ1) is 24.0. The van der Waals surface area contributed by atoms with Gasteiger partial charge in [0.2, 0.25) is 0 Å². The van der Waals surface area contributed by atoms with Crippen molar-refractivity contribution in [2.24, 2.45) is 0 Å². The van der Waals surface area contributed by atoms with Crippen molar-refractivity contribution in [3.8, 4) is 0 Å². The van der Waals surface area contributed by atoms with E-state index < -0.39 is 40.5 Å². The number of hydrogen-bond acceptors (Lipinski definition) is 5. The molecule has 4 rings (SSSR count). The Hall–Kier alpha value is -4.15. The number of carbonyl (C=O) groups is 2. The van der Waals surface area contributed by atoms with Crippen LogP contribution in [0.25, 0.3) is 10.9 Å². The molecule has 11 heteroatoms. The molecule has 0 bridgehead atoms. The second-order valence-electron chi connectivity index (χ2n) is 8.52. The second kappa shape index (κ2) is 8.57. The molecular formula is C24H21F3N4O4. The summed E-state index contributed by atoms with van der Waals surface area (Å²) in [6, 6.07) is 6.42. The van der Waals surface area contributed by atoms with Crippen LogP contribution >= 0.6 is 0 Å². The number of halogens is 3. The van der Waals surface area contributed by atoms with Gasteiger partial charge in [-0.1, -0.05) is 12.5 Å². The summed E-state index contributed by atoms with van der Waals surface area (Å²) < 4.78 is 39.2. The van der Waals surface area contributed by atoms with E-state index in [-0.39, 0.29) is 28.4 Å². The lowest BCUT2D eigenvalue weighted by atomic mass is 9.77. The van der Waals surface area contributed by atoms with Crippen molar-refractivity contribution >= 4 is 39.9 Å². The number of benzene rings is 2. The van der Waals surface area contributed by atoms with Crippen LogP contribution < -0.4 is 16.6 Å². The number of hydrogen-bond donors (Lipinski definition) is 5. The number of nitrogen functional groups attached to an aromatic ring is 1. The molecule has 8 nitrogen and oxygen atoms in total. The highest BCUT2D eigenvalue weighted by Gasteiger charge is 2.36. The maximum Gasteiger partial charge on any atom is 0.433 e. The number of aromatic nitrogens is 1. The summed E-state index contributed by atoms with van der Waals surface area (Å²) in [6.07, 6.45) is -2.34. The molecular weight excluding hydrogens is 465 g/mol. The number of aromatic carboxylic acids is 1. The van der Waals surface area contributed by atoms with Gasteiger partial charge in [0, 0.05) is 22.3 Å². The van der Waals surface area contributed by atoms with E-state index in [1.807, 2.05) is 0 Å². The van der Waals surface area contributed by atoms with Crippen molar-refractivity contribution in [2.75, 3.05) is 11.1 Å². The second-order valence-corrected chi connectivity index (χ2v) is 8.52.